The number of anilines is 2. The van der Waals surface area contributed by atoms with Crippen LogP contribution in [0.1, 0.15) is 0 Å². The number of hydrogen-bond acceptors (Lipinski definition) is 3. The quantitative estimate of drug-likeness (QED) is 0.920. The van der Waals surface area contributed by atoms with Crippen molar-refractivity contribution in [3.63, 3.8) is 0 Å². The summed E-state index contributed by atoms with van der Waals surface area (Å²) in [7, 11) is 3.85. The van der Waals surface area contributed by atoms with Crippen molar-refractivity contribution in [3.05, 3.63) is 53.6 Å². The lowest BCUT2D eigenvalue weighted by Gasteiger charge is -2.17. The van der Waals surface area contributed by atoms with Gasteiger partial charge in [0, 0.05) is 19.1 Å². The Morgan fingerprint density at radius 3 is 2.67 bits per heavy atom. The molecule has 5 heteroatoms. The maximum Gasteiger partial charge on any atom is 0.262 e. The molecule has 0 saturated carbocycles. The number of carbonyl (C=O) groups is 1. The number of nitrogens with one attached hydrogen (secondary N) is 1. The van der Waals surface area contributed by atoms with Gasteiger partial charge in [-0.15, -0.1) is 0 Å². The molecule has 110 valence electrons. The molecule has 2 rings (SSSR count). The van der Waals surface area contributed by atoms with Crippen molar-refractivity contribution >= 4 is 28.9 Å². The van der Waals surface area contributed by atoms with Gasteiger partial charge in [0.15, 0.2) is 6.61 Å². The standard InChI is InChI=1S/C16H17ClN2O2/c1-19(2)15-9-4-3-8-14(15)18-16(20)11-21-13-7-5-6-12(17)10-13/h3-10H,11H2,1-2H3,(H,18,20). The van der Waals surface area contributed by atoms with Gasteiger partial charge in [0.2, 0.25) is 0 Å². The number of halogens is 1. The third-order valence-electron chi connectivity index (χ3n) is 2.83. The fraction of sp³-hybridized carbons (Fsp3) is 0.188. The molecule has 2 aromatic carbocycles. The minimum atomic E-state index is -0.218. The maximum atomic E-state index is 12.0. The molecule has 21 heavy (non-hydrogen) atoms. The van der Waals surface area contributed by atoms with Gasteiger partial charge in [-0.2, -0.15) is 0 Å². The Morgan fingerprint density at radius 1 is 1.19 bits per heavy atom. The van der Waals surface area contributed by atoms with Crippen LogP contribution >= 0.6 is 11.6 Å². The molecule has 0 aliphatic carbocycles. The van der Waals surface area contributed by atoms with E-state index in [1.54, 1.807) is 24.3 Å². The molecule has 0 spiro atoms. The molecular weight excluding hydrogens is 288 g/mol. The highest BCUT2D eigenvalue weighted by Crippen LogP contribution is 2.23. The summed E-state index contributed by atoms with van der Waals surface area (Å²) in [5.41, 5.74) is 1.69. The van der Waals surface area contributed by atoms with Crippen molar-refractivity contribution in [2.75, 3.05) is 30.9 Å². The van der Waals surface area contributed by atoms with Gasteiger partial charge in [-0.1, -0.05) is 29.8 Å². The van der Waals surface area contributed by atoms with Crippen molar-refractivity contribution in [1.82, 2.24) is 0 Å². The van der Waals surface area contributed by atoms with Crippen LogP contribution in [0.4, 0.5) is 11.4 Å². The summed E-state index contributed by atoms with van der Waals surface area (Å²) >= 11 is 5.86. The second-order valence-corrected chi connectivity index (χ2v) is 5.14. The van der Waals surface area contributed by atoms with E-state index in [-0.39, 0.29) is 12.5 Å². The predicted octanol–water partition coefficient (Wildman–Crippen LogP) is 3.42. The number of amides is 1. The summed E-state index contributed by atoms with van der Waals surface area (Å²) in [6, 6.07) is 14.5. The minimum absolute atomic E-state index is 0.0674. The molecule has 0 bridgehead atoms. The highest BCUT2D eigenvalue weighted by atomic mass is 35.5. The number of para-hydroxylation sites is 2. The zero-order chi connectivity index (χ0) is 15.2. The molecule has 1 amide bonds. The Balaban J connectivity index is 1.96. The summed E-state index contributed by atoms with van der Waals surface area (Å²) < 4.78 is 5.41. The number of benzene rings is 2. The van der Waals surface area contributed by atoms with Crippen molar-refractivity contribution in [2.45, 2.75) is 0 Å². The molecular formula is C16H17ClN2O2. The van der Waals surface area contributed by atoms with E-state index in [4.69, 9.17) is 16.3 Å². The van der Waals surface area contributed by atoms with Crippen LogP contribution < -0.4 is 15.0 Å². The summed E-state index contributed by atoms with van der Waals surface area (Å²) in [5, 5.41) is 3.41. The second kappa shape index (κ2) is 6.99. The molecule has 1 N–H and O–H groups in total. The number of nitrogens with zero attached hydrogens (tertiary/aromatic N) is 1. The topological polar surface area (TPSA) is 41.6 Å². The van der Waals surface area contributed by atoms with Crippen LogP contribution in [0.15, 0.2) is 48.5 Å². The molecule has 0 heterocycles. The number of hydrogen-bond donors (Lipinski definition) is 1. The van der Waals surface area contributed by atoms with E-state index in [9.17, 15) is 4.79 Å². The lowest BCUT2D eigenvalue weighted by Crippen LogP contribution is -2.22. The van der Waals surface area contributed by atoms with Crippen molar-refractivity contribution < 1.29 is 9.53 Å². The zero-order valence-corrected chi connectivity index (χ0v) is 12.7. The first-order valence-corrected chi connectivity index (χ1v) is 6.88. The molecule has 0 saturated heterocycles. The lowest BCUT2D eigenvalue weighted by atomic mass is 10.2. The maximum absolute atomic E-state index is 12.0. The smallest absolute Gasteiger partial charge is 0.262 e. The number of rotatable bonds is 5. The van der Waals surface area contributed by atoms with Gasteiger partial charge in [0.25, 0.3) is 5.91 Å². The first-order valence-electron chi connectivity index (χ1n) is 6.51. The normalized spacial score (nSPS) is 10.0. The van der Waals surface area contributed by atoms with Gasteiger partial charge in [0.1, 0.15) is 5.75 Å². The molecule has 0 aliphatic heterocycles. The Bertz CT molecular complexity index is 629. The monoisotopic (exact) mass is 304 g/mol. The molecule has 0 fully saturated rings. The number of ether oxygens (including phenoxy) is 1. The van der Waals surface area contributed by atoms with Crippen LogP contribution in [-0.2, 0) is 4.79 Å². The predicted molar refractivity (Wildman–Crippen MR) is 86.3 cm³/mol. The fourth-order valence-electron chi connectivity index (χ4n) is 1.86. The van der Waals surface area contributed by atoms with Crippen LogP contribution in [0.25, 0.3) is 0 Å². The van der Waals surface area contributed by atoms with E-state index < -0.39 is 0 Å². The third kappa shape index (κ3) is 4.39. The first kappa shape index (κ1) is 15.2. The Morgan fingerprint density at radius 2 is 1.95 bits per heavy atom. The molecule has 2 aromatic rings. The Hall–Kier alpha value is -2.20. The second-order valence-electron chi connectivity index (χ2n) is 4.71. The third-order valence-corrected chi connectivity index (χ3v) is 3.06. The van der Waals surface area contributed by atoms with E-state index >= 15 is 0 Å². The van der Waals surface area contributed by atoms with Crippen LogP contribution in [0.2, 0.25) is 5.02 Å². The molecule has 0 radical (unpaired) electrons. The summed E-state index contributed by atoms with van der Waals surface area (Å²) in [6.07, 6.45) is 0. The van der Waals surface area contributed by atoms with Gasteiger partial charge in [-0.05, 0) is 30.3 Å². The highest BCUT2D eigenvalue weighted by molar-refractivity contribution is 6.30. The van der Waals surface area contributed by atoms with E-state index in [1.807, 2.05) is 43.3 Å². The van der Waals surface area contributed by atoms with Crippen LogP contribution in [0.5, 0.6) is 5.75 Å². The molecule has 4 nitrogen and oxygen atoms in total. The molecule has 0 atom stereocenters. The van der Waals surface area contributed by atoms with Gasteiger partial charge >= 0.3 is 0 Å². The Labute approximate surface area is 129 Å². The lowest BCUT2D eigenvalue weighted by molar-refractivity contribution is -0.118. The largest absolute Gasteiger partial charge is 0.484 e. The molecule has 0 aromatic heterocycles. The van der Waals surface area contributed by atoms with Gasteiger partial charge < -0.3 is 15.0 Å². The summed E-state index contributed by atoms with van der Waals surface area (Å²) in [4.78, 5) is 13.9. The highest BCUT2D eigenvalue weighted by Gasteiger charge is 2.08. The van der Waals surface area contributed by atoms with Gasteiger partial charge in [0.05, 0.1) is 11.4 Å². The van der Waals surface area contributed by atoms with Crippen molar-refractivity contribution in [2.24, 2.45) is 0 Å². The number of carbonyl (C=O) groups excluding carboxylic acids is 1. The van der Waals surface area contributed by atoms with E-state index in [0.717, 1.165) is 11.4 Å². The van der Waals surface area contributed by atoms with Gasteiger partial charge in [-0.25, -0.2) is 0 Å². The van der Waals surface area contributed by atoms with E-state index in [1.165, 1.54) is 0 Å². The fourth-order valence-corrected chi connectivity index (χ4v) is 2.04. The zero-order valence-electron chi connectivity index (χ0n) is 12.0. The van der Waals surface area contributed by atoms with Crippen LogP contribution in [0.3, 0.4) is 0 Å². The van der Waals surface area contributed by atoms with Gasteiger partial charge in [-0.3, -0.25) is 4.79 Å². The Kier molecular flexibility index (Phi) is 5.06. The first-order chi connectivity index (χ1) is 10.1. The molecule has 0 aliphatic rings. The average molecular weight is 305 g/mol. The summed E-state index contributed by atoms with van der Waals surface area (Å²) in [6.45, 7) is -0.0674. The van der Waals surface area contributed by atoms with Crippen molar-refractivity contribution in [1.29, 1.82) is 0 Å². The average Bonchev–Trinajstić information content (AvgIpc) is 2.45. The summed E-state index contributed by atoms with van der Waals surface area (Å²) in [5.74, 6) is 0.350. The van der Waals surface area contributed by atoms with Crippen LogP contribution in [0, 0.1) is 0 Å². The SMILES string of the molecule is CN(C)c1ccccc1NC(=O)COc1cccc(Cl)c1. The minimum Gasteiger partial charge on any atom is -0.484 e. The van der Waals surface area contributed by atoms with E-state index in [2.05, 4.69) is 5.32 Å². The van der Waals surface area contributed by atoms with Crippen molar-refractivity contribution in [3.8, 4) is 5.75 Å². The molecule has 0 unspecified atom stereocenters. The van der Waals surface area contributed by atoms with Crippen LogP contribution in [-0.4, -0.2) is 26.6 Å². The van der Waals surface area contributed by atoms with E-state index in [0.29, 0.717) is 10.8 Å².